The molecular formula is C23H24N8O. The Hall–Kier alpha value is -3.72. The summed E-state index contributed by atoms with van der Waals surface area (Å²) in [5.41, 5.74) is 2.52. The van der Waals surface area contributed by atoms with Crippen molar-refractivity contribution >= 4 is 28.8 Å². The van der Waals surface area contributed by atoms with Gasteiger partial charge in [0.2, 0.25) is 5.95 Å². The van der Waals surface area contributed by atoms with E-state index < -0.39 is 0 Å². The molecule has 3 aromatic rings. The predicted molar refractivity (Wildman–Crippen MR) is 125 cm³/mol. The van der Waals surface area contributed by atoms with E-state index in [1.165, 1.54) is 0 Å². The molecule has 1 aliphatic carbocycles. The summed E-state index contributed by atoms with van der Waals surface area (Å²) in [6, 6.07) is 10.5. The van der Waals surface area contributed by atoms with E-state index >= 15 is 0 Å². The van der Waals surface area contributed by atoms with Crippen LogP contribution in [0.4, 0.5) is 11.8 Å². The number of nitrogens with one attached hydrogen (secondary N) is 2. The average Bonchev–Trinajstić information content (AvgIpc) is 3.47. The van der Waals surface area contributed by atoms with Crippen molar-refractivity contribution in [1.29, 1.82) is 0 Å². The zero-order valence-electron chi connectivity index (χ0n) is 17.6. The maximum Gasteiger partial charge on any atom is 0.229 e. The van der Waals surface area contributed by atoms with Crippen LogP contribution in [0.2, 0.25) is 0 Å². The number of hydrogen-bond acceptors (Lipinski definition) is 8. The molecule has 9 heteroatoms. The van der Waals surface area contributed by atoms with Gasteiger partial charge in [-0.05, 0) is 12.1 Å². The zero-order valence-corrected chi connectivity index (χ0v) is 17.6. The van der Waals surface area contributed by atoms with Gasteiger partial charge in [0.25, 0.3) is 0 Å². The largest absolute Gasteiger partial charge is 0.378 e. The summed E-state index contributed by atoms with van der Waals surface area (Å²) in [4.78, 5) is 21.3. The van der Waals surface area contributed by atoms with Crippen LogP contribution in [0.25, 0.3) is 16.9 Å². The molecule has 1 saturated heterocycles. The van der Waals surface area contributed by atoms with Gasteiger partial charge in [0.15, 0.2) is 17.0 Å². The van der Waals surface area contributed by atoms with Crippen LogP contribution in [0.3, 0.4) is 0 Å². The van der Waals surface area contributed by atoms with Gasteiger partial charge in [-0.15, -0.1) is 0 Å². The summed E-state index contributed by atoms with van der Waals surface area (Å²) in [7, 11) is 0. The molecule has 2 aliphatic heterocycles. The van der Waals surface area contributed by atoms with Gasteiger partial charge in [-0.3, -0.25) is 9.56 Å². The second kappa shape index (κ2) is 8.08. The Balaban J connectivity index is 1.35. The maximum atomic E-state index is 5.51. The van der Waals surface area contributed by atoms with E-state index in [1.807, 2.05) is 41.0 Å². The van der Waals surface area contributed by atoms with Gasteiger partial charge in [-0.25, -0.2) is 4.98 Å². The number of aromatic nitrogens is 4. The van der Waals surface area contributed by atoms with E-state index in [0.717, 1.165) is 35.8 Å². The van der Waals surface area contributed by atoms with E-state index in [0.29, 0.717) is 31.5 Å². The highest BCUT2D eigenvalue weighted by Gasteiger charge is 2.26. The first-order valence-corrected chi connectivity index (χ1v) is 10.9. The second-order valence-corrected chi connectivity index (χ2v) is 7.95. The number of amidine groups is 1. The van der Waals surface area contributed by atoms with E-state index in [1.54, 1.807) is 6.33 Å². The molecular weight excluding hydrogens is 404 g/mol. The van der Waals surface area contributed by atoms with E-state index in [2.05, 4.69) is 38.7 Å². The topological polar surface area (TPSA) is 92.5 Å². The Morgan fingerprint density at radius 2 is 1.91 bits per heavy atom. The molecule has 2 N–H and O–H groups in total. The lowest BCUT2D eigenvalue weighted by atomic mass is 10.1. The lowest BCUT2D eigenvalue weighted by molar-refractivity contribution is 0.122. The molecule has 0 amide bonds. The summed E-state index contributed by atoms with van der Waals surface area (Å²) >= 11 is 0. The number of fused-ring (bicyclic) bond motifs is 2. The fourth-order valence-corrected chi connectivity index (χ4v) is 4.22. The molecule has 0 bridgehead atoms. The molecule has 2 atom stereocenters. The van der Waals surface area contributed by atoms with E-state index in [4.69, 9.17) is 19.7 Å². The highest BCUT2D eigenvalue weighted by Crippen LogP contribution is 2.25. The van der Waals surface area contributed by atoms with Gasteiger partial charge >= 0.3 is 0 Å². The number of aliphatic imine (C=N–C) groups is 1. The van der Waals surface area contributed by atoms with Crippen LogP contribution in [0.1, 0.15) is 0 Å². The Kier molecular flexibility index (Phi) is 4.80. The molecule has 4 heterocycles. The molecule has 1 fully saturated rings. The Labute approximate surface area is 185 Å². The normalized spacial score (nSPS) is 22.0. The first kappa shape index (κ1) is 19.0. The van der Waals surface area contributed by atoms with Crippen LogP contribution in [0.5, 0.6) is 0 Å². The lowest BCUT2D eigenvalue weighted by Crippen LogP contribution is -2.37. The van der Waals surface area contributed by atoms with Crippen LogP contribution in [-0.2, 0) is 4.74 Å². The third kappa shape index (κ3) is 3.50. The SMILES string of the molecule is C1=CC2N=C(CNc3nc(N4CCOCC4)nc4c3ncn4-c3ccccc3)NC2C=C1. The van der Waals surface area contributed by atoms with Crippen molar-refractivity contribution in [3.63, 3.8) is 0 Å². The van der Waals surface area contributed by atoms with Gasteiger partial charge < -0.3 is 20.3 Å². The average molecular weight is 428 g/mol. The van der Waals surface area contributed by atoms with Gasteiger partial charge in [-0.1, -0.05) is 42.5 Å². The molecule has 6 rings (SSSR count). The van der Waals surface area contributed by atoms with Crippen molar-refractivity contribution in [2.75, 3.05) is 43.1 Å². The molecule has 2 unspecified atom stereocenters. The lowest BCUT2D eigenvalue weighted by Gasteiger charge is -2.27. The molecule has 2 aromatic heterocycles. The second-order valence-electron chi connectivity index (χ2n) is 7.95. The van der Waals surface area contributed by atoms with Crippen molar-refractivity contribution in [1.82, 2.24) is 24.8 Å². The quantitative estimate of drug-likeness (QED) is 0.642. The third-order valence-corrected chi connectivity index (χ3v) is 5.88. The fraction of sp³-hybridized carbons (Fsp3) is 0.304. The molecule has 0 spiro atoms. The third-order valence-electron chi connectivity index (χ3n) is 5.88. The highest BCUT2D eigenvalue weighted by molar-refractivity contribution is 5.92. The number of nitrogens with zero attached hydrogens (tertiary/aromatic N) is 6. The number of allylic oxidation sites excluding steroid dienone is 2. The van der Waals surface area contributed by atoms with Gasteiger partial charge in [0, 0.05) is 18.8 Å². The van der Waals surface area contributed by atoms with Gasteiger partial charge in [0.05, 0.1) is 31.8 Å². The van der Waals surface area contributed by atoms with Gasteiger partial charge in [-0.2, -0.15) is 9.97 Å². The molecule has 32 heavy (non-hydrogen) atoms. The molecule has 162 valence electrons. The van der Waals surface area contributed by atoms with Crippen molar-refractivity contribution in [2.24, 2.45) is 4.99 Å². The van der Waals surface area contributed by atoms with Crippen LogP contribution >= 0.6 is 0 Å². The zero-order chi connectivity index (χ0) is 21.3. The van der Waals surface area contributed by atoms with E-state index in [9.17, 15) is 0 Å². The molecule has 3 aliphatic rings. The molecule has 0 radical (unpaired) electrons. The maximum absolute atomic E-state index is 5.51. The number of ether oxygens (including phenoxy) is 1. The van der Waals surface area contributed by atoms with Crippen LogP contribution in [0.15, 0.2) is 66.0 Å². The fourth-order valence-electron chi connectivity index (χ4n) is 4.22. The summed E-state index contributed by atoms with van der Waals surface area (Å²) in [5, 5.41) is 6.93. The first-order chi connectivity index (χ1) is 15.8. The van der Waals surface area contributed by atoms with E-state index in [-0.39, 0.29) is 12.1 Å². The summed E-state index contributed by atoms with van der Waals surface area (Å²) < 4.78 is 7.51. The number of para-hydroxylation sites is 1. The smallest absolute Gasteiger partial charge is 0.229 e. The summed E-state index contributed by atoms with van der Waals surface area (Å²) in [6.07, 6.45) is 10.2. The van der Waals surface area contributed by atoms with Crippen LogP contribution in [-0.4, -0.2) is 70.3 Å². The Morgan fingerprint density at radius 1 is 1.06 bits per heavy atom. The number of hydrogen-bond donors (Lipinski definition) is 2. The molecule has 1 aromatic carbocycles. The number of morpholine rings is 1. The Bertz CT molecular complexity index is 1210. The van der Waals surface area contributed by atoms with Crippen LogP contribution in [0, 0.1) is 0 Å². The minimum atomic E-state index is 0.156. The number of benzene rings is 1. The molecule has 9 nitrogen and oxygen atoms in total. The predicted octanol–water partition coefficient (Wildman–Crippen LogP) is 1.93. The van der Waals surface area contributed by atoms with Crippen molar-refractivity contribution < 1.29 is 4.74 Å². The monoisotopic (exact) mass is 428 g/mol. The van der Waals surface area contributed by atoms with Gasteiger partial charge in [0.1, 0.15) is 12.2 Å². The van der Waals surface area contributed by atoms with Crippen LogP contribution < -0.4 is 15.5 Å². The molecule has 0 saturated carbocycles. The minimum absolute atomic E-state index is 0.156. The number of rotatable bonds is 5. The standard InChI is InChI=1S/C23H24N8O/c1-2-6-16(7-3-1)31-15-25-20-21(24-14-19-26-17-8-4-5-9-18(17)27-19)28-23(29-22(20)31)30-10-12-32-13-11-30/h1-9,15,17-18H,10-14H2,(H,26,27)(H,24,28,29). The number of imidazole rings is 1. The first-order valence-electron chi connectivity index (χ1n) is 10.9. The van der Waals surface area contributed by atoms with Crippen molar-refractivity contribution in [3.8, 4) is 5.69 Å². The van der Waals surface area contributed by atoms with Crippen molar-refractivity contribution in [3.05, 3.63) is 61.0 Å². The minimum Gasteiger partial charge on any atom is -0.378 e. The number of anilines is 2. The van der Waals surface area contributed by atoms with Crippen molar-refractivity contribution in [2.45, 2.75) is 12.1 Å². The summed E-state index contributed by atoms with van der Waals surface area (Å²) in [6.45, 7) is 3.42. The Morgan fingerprint density at radius 3 is 2.75 bits per heavy atom. The summed E-state index contributed by atoms with van der Waals surface area (Å²) in [5.74, 6) is 2.30. The highest BCUT2D eigenvalue weighted by atomic mass is 16.5.